The van der Waals surface area contributed by atoms with E-state index in [-0.39, 0.29) is 5.75 Å². The molecule has 0 radical (unpaired) electrons. The SMILES string of the molecule is Cc1cccnc1Oc1cccc(C#N)c1.N#Cc1cccc(O)c1. The number of aromatic hydroxyl groups is 1. The third kappa shape index (κ3) is 5.38. The molecule has 0 aliphatic carbocycles. The minimum Gasteiger partial charge on any atom is -0.508 e. The van der Waals surface area contributed by atoms with E-state index in [0.29, 0.717) is 22.8 Å². The number of aromatic nitrogens is 1. The summed E-state index contributed by atoms with van der Waals surface area (Å²) in [5.74, 6) is 1.33. The van der Waals surface area contributed by atoms with Crippen LogP contribution in [0.15, 0.2) is 66.9 Å². The number of pyridine rings is 1. The van der Waals surface area contributed by atoms with Crippen molar-refractivity contribution in [2.75, 3.05) is 0 Å². The van der Waals surface area contributed by atoms with Crippen LogP contribution in [0.25, 0.3) is 0 Å². The molecule has 0 saturated carbocycles. The van der Waals surface area contributed by atoms with Crippen molar-refractivity contribution < 1.29 is 9.84 Å². The number of phenolic OH excluding ortho intramolecular Hbond substituents is 1. The molecule has 5 heteroatoms. The molecule has 0 unspecified atom stereocenters. The van der Waals surface area contributed by atoms with Gasteiger partial charge in [-0.25, -0.2) is 4.98 Å². The van der Waals surface area contributed by atoms with Crippen molar-refractivity contribution in [1.82, 2.24) is 4.98 Å². The minimum absolute atomic E-state index is 0.133. The summed E-state index contributed by atoms with van der Waals surface area (Å²) in [5, 5.41) is 25.9. The summed E-state index contributed by atoms with van der Waals surface area (Å²) >= 11 is 0. The Labute approximate surface area is 146 Å². The third-order valence-corrected chi connectivity index (χ3v) is 3.11. The van der Waals surface area contributed by atoms with Gasteiger partial charge < -0.3 is 9.84 Å². The monoisotopic (exact) mass is 329 g/mol. The van der Waals surface area contributed by atoms with Gasteiger partial charge in [0, 0.05) is 11.8 Å². The van der Waals surface area contributed by atoms with Crippen LogP contribution in [0.5, 0.6) is 17.4 Å². The number of benzene rings is 2. The van der Waals surface area contributed by atoms with E-state index in [1.807, 2.05) is 25.1 Å². The second-order valence-corrected chi connectivity index (χ2v) is 5.03. The Morgan fingerprint density at radius 1 is 0.920 bits per heavy atom. The zero-order valence-electron chi connectivity index (χ0n) is 13.5. The standard InChI is InChI=1S/C13H10N2O.C7H5NO/c1-10-4-3-7-15-13(10)16-12-6-2-5-11(8-12)9-14;8-5-6-2-1-3-7(9)4-6/h2-8H,1H3;1-4,9H. The van der Waals surface area contributed by atoms with Crippen molar-refractivity contribution in [2.45, 2.75) is 6.92 Å². The number of aryl methyl sites for hydroxylation is 1. The zero-order valence-corrected chi connectivity index (χ0v) is 13.5. The maximum atomic E-state index is 8.79. The summed E-state index contributed by atoms with van der Waals surface area (Å²) < 4.78 is 5.59. The van der Waals surface area contributed by atoms with E-state index in [1.54, 1.807) is 42.6 Å². The topological polar surface area (TPSA) is 89.9 Å². The van der Waals surface area contributed by atoms with Crippen LogP contribution in [0.2, 0.25) is 0 Å². The van der Waals surface area contributed by atoms with E-state index >= 15 is 0 Å². The van der Waals surface area contributed by atoms with Crippen LogP contribution in [0.4, 0.5) is 0 Å². The molecule has 0 amide bonds. The van der Waals surface area contributed by atoms with Gasteiger partial charge in [-0.3, -0.25) is 0 Å². The second kappa shape index (κ2) is 8.71. The molecule has 3 rings (SSSR count). The van der Waals surface area contributed by atoms with Crippen LogP contribution in [0.3, 0.4) is 0 Å². The van der Waals surface area contributed by atoms with E-state index in [2.05, 4.69) is 11.1 Å². The van der Waals surface area contributed by atoms with Crippen molar-refractivity contribution in [3.8, 4) is 29.5 Å². The number of nitrogens with zero attached hydrogens (tertiary/aromatic N) is 3. The van der Waals surface area contributed by atoms with Crippen LogP contribution in [-0.4, -0.2) is 10.1 Å². The van der Waals surface area contributed by atoms with Gasteiger partial charge in [-0.05, 0) is 49.4 Å². The van der Waals surface area contributed by atoms with Gasteiger partial charge in [0.2, 0.25) is 5.88 Å². The first-order valence-electron chi connectivity index (χ1n) is 7.41. The van der Waals surface area contributed by atoms with Gasteiger partial charge in [-0.1, -0.05) is 18.2 Å². The molecule has 0 fully saturated rings. The summed E-state index contributed by atoms with van der Waals surface area (Å²) in [6.07, 6.45) is 1.68. The van der Waals surface area contributed by atoms with Crippen LogP contribution in [-0.2, 0) is 0 Å². The lowest BCUT2D eigenvalue weighted by Crippen LogP contribution is -1.90. The highest BCUT2D eigenvalue weighted by atomic mass is 16.5. The van der Waals surface area contributed by atoms with E-state index in [1.165, 1.54) is 12.1 Å². The number of hydrogen-bond donors (Lipinski definition) is 1. The smallest absolute Gasteiger partial charge is 0.222 e. The highest BCUT2D eigenvalue weighted by Gasteiger charge is 2.02. The lowest BCUT2D eigenvalue weighted by molar-refractivity contribution is 0.459. The molecule has 5 nitrogen and oxygen atoms in total. The second-order valence-electron chi connectivity index (χ2n) is 5.03. The van der Waals surface area contributed by atoms with Gasteiger partial charge in [0.1, 0.15) is 11.5 Å². The summed E-state index contributed by atoms with van der Waals surface area (Å²) in [6.45, 7) is 1.93. The van der Waals surface area contributed by atoms with Gasteiger partial charge in [0.05, 0.1) is 23.3 Å². The van der Waals surface area contributed by atoms with Crippen molar-refractivity contribution in [3.05, 3.63) is 83.6 Å². The molecule has 0 bridgehead atoms. The van der Waals surface area contributed by atoms with Crippen molar-refractivity contribution >= 4 is 0 Å². The molecular formula is C20H15N3O2. The molecular weight excluding hydrogens is 314 g/mol. The molecule has 0 atom stereocenters. The molecule has 0 saturated heterocycles. The number of nitriles is 2. The summed E-state index contributed by atoms with van der Waals surface area (Å²) in [5.41, 5.74) is 2.02. The van der Waals surface area contributed by atoms with E-state index < -0.39 is 0 Å². The quantitative estimate of drug-likeness (QED) is 0.756. The Hall–Kier alpha value is -3.83. The Balaban J connectivity index is 0.000000212. The average Bonchev–Trinajstić information content (AvgIpc) is 2.64. The van der Waals surface area contributed by atoms with Crippen LogP contribution in [0, 0.1) is 29.6 Å². The Bertz CT molecular complexity index is 940. The molecule has 1 aromatic heterocycles. The highest BCUT2D eigenvalue weighted by molar-refractivity contribution is 5.39. The normalized spacial score (nSPS) is 9.08. The fourth-order valence-corrected chi connectivity index (χ4v) is 1.89. The summed E-state index contributed by atoms with van der Waals surface area (Å²) in [6, 6.07) is 21.0. The Kier molecular flexibility index (Phi) is 6.11. The molecule has 2 aromatic carbocycles. The largest absolute Gasteiger partial charge is 0.508 e. The number of hydrogen-bond acceptors (Lipinski definition) is 5. The van der Waals surface area contributed by atoms with Crippen LogP contribution >= 0.6 is 0 Å². The lowest BCUT2D eigenvalue weighted by Gasteiger charge is -2.06. The average molecular weight is 329 g/mol. The van der Waals surface area contributed by atoms with Crippen LogP contribution < -0.4 is 4.74 Å². The first kappa shape index (κ1) is 17.5. The molecule has 0 aliphatic heterocycles. The highest BCUT2D eigenvalue weighted by Crippen LogP contribution is 2.22. The fraction of sp³-hybridized carbons (Fsp3) is 0.0500. The summed E-state index contributed by atoms with van der Waals surface area (Å²) in [4.78, 5) is 4.12. The zero-order chi connectivity index (χ0) is 18.1. The Morgan fingerprint density at radius 2 is 1.60 bits per heavy atom. The van der Waals surface area contributed by atoms with Gasteiger partial charge >= 0.3 is 0 Å². The summed E-state index contributed by atoms with van der Waals surface area (Å²) in [7, 11) is 0. The predicted octanol–water partition coefficient (Wildman–Crippen LogP) is 4.32. The third-order valence-electron chi connectivity index (χ3n) is 3.11. The lowest BCUT2D eigenvalue weighted by atomic mass is 10.2. The molecule has 0 spiro atoms. The first-order chi connectivity index (χ1) is 12.1. The van der Waals surface area contributed by atoms with Gasteiger partial charge in [0.15, 0.2) is 0 Å². The molecule has 0 aliphatic rings. The Morgan fingerprint density at radius 3 is 2.20 bits per heavy atom. The number of ether oxygens (including phenoxy) is 1. The van der Waals surface area contributed by atoms with E-state index in [4.69, 9.17) is 20.4 Å². The number of phenols is 1. The molecule has 1 heterocycles. The van der Waals surface area contributed by atoms with Gasteiger partial charge in [0.25, 0.3) is 0 Å². The predicted molar refractivity (Wildman–Crippen MR) is 93.0 cm³/mol. The number of rotatable bonds is 2. The fourth-order valence-electron chi connectivity index (χ4n) is 1.89. The van der Waals surface area contributed by atoms with Crippen molar-refractivity contribution in [1.29, 1.82) is 10.5 Å². The van der Waals surface area contributed by atoms with E-state index in [0.717, 1.165) is 5.56 Å². The molecule has 25 heavy (non-hydrogen) atoms. The van der Waals surface area contributed by atoms with E-state index in [9.17, 15) is 0 Å². The molecule has 3 aromatic rings. The van der Waals surface area contributed by atoms with Gasteiger partial charge in [-0.15, -0.1) is 0 Å². The maximum Gasteiger partial charge on any atom is 0.222 e. The maximum absolute atomic E-state index is 8.79. The molecule has 122 valence electrons. The minimum atomic E-state index is 0.133. The van der Waals surface area contributed by atoms with Crippen molar-refractivity contribution in [2.24, 2.45) is 0 Å². The van der Waals surface area contributed by atoms with Gasteiger partial charge in [-0.2, -0.15) is 10.5 Å². The first-order valence-corrected chi connectivity index (χ1v) is 7.41. The molecule has 1 N–H and O–H groups in total. The van der Waals surface area contributed by atoms with Crippen molar-refractivity contribution in [3.63, 3.8) is 0 Å². The van der Waals surface area contributed by atoms with Crippen LogP contribution in [0.1, 0.15) is 16.7 Å².